The van der Waals surface area contributed by atoms with Crippen molar-refractivity contribution >= 4 is 67.4 Å². The summed E-state index contributed by atoms with van der Waals surface area (Å²) in [7, 11) is 0. The summed E-state index contributed by atoms with van der Waals surface area (Å²) in [4.78, 5) is 4.62. The molecule has 0 amide bonds. The SMILES string of the molecule is c1ccc(N(c2ccccc2)c2cc(Nc3ccccc3-c3cccc4c3oc3ccccc34)cc(N(c3ccccc3)c3ccccc3)c2)cc1. The van der Waals surface area contributed by atoms with Gasteiger partial charge < -0.3 is 19.5 Å². The summed E-state index contributed by atoms with van der Waals surface area (Å²) in [5.74, 6) is 0. The van der Waals surface area contributed by atoms with Crippen LogP contribution < -0.4 is 15.1 Å². The Morgan fingerprint density at radius 3 is 1.35 bits per heavy atom. The molecule has 9 aromatic rings. The molecular formula is C48H35N3O. The third-order valence-corrected chi connectivity index (χ3v) is 9.38. The van der Waals surface area contributed by atoms with E-state index >= 15 is 0 Å². The molecule has 4 heteroatoms. The predicted molar refractivity (Wildman–Crippen MR) is 218 cm³/mol. The highest BCUT2D eigenvalue weighted by atomic mass is 16.3. The molecule has 0 aliphatic heterocycles. The lowest BCUT2D eigenvalue weighted by Crippen LogP contribution is -2.13. The normalized spacial score (nSPS) is 11.1. The zero-order valence-electron chi connectivity index (χ0n) is 28.4. The first-order valence-electron chi connectivity index (χ1n) is 17.5. The van der Waals surface area contributed by atoms with Gasteiger partial charge in [0.1, 0.15) is 11.2 Å². The van der Waals surface area contributed by atoms with Crippen LogP contribution >= 0.6 is 0 Å². The number of rotatable bonds is 9. The highest BCUT2D eigenvalue weighted by Gasteiger charge is 2.20. The van der Waals surface area contributed by atoms with E-state index < -0.39 is 0 Å². The average molecular weight is 670 g/mol. The highest BCUT2D eigenvalue weighted by Crippen LogP contribution is 2.44. The predicted octanol–water partition coefficient (Wildman–Crippen LogP) is 13.9. The van der Waals surface area contributed by atoms with E-state index in [1.54, 1.807) is 0 Å². The second-order valence-corrected chi connectivity index (χ2v) is 12.7. The van der Waals surface area contributed by atoms with Crippen LogP contribution in [0.25, 0.3) is 33.1 Å². The maximum Gasteiger partial charge on any atom is 0.143 e. The van der Waals surface area contributed by atoms with Crippen molar-refractivity contribution in [2.45, 2.75) is 0 Å². The molecule has 52 heavy (non-hydrogen) atoms. The fourth-order valence-corrected chi connectivity index (χ4v) is 7.07. The molecule has 0 radical (unpaired) electrons. The van der Waals surface area contributed by atoms with Gasteiger partial charge >= 0.3 is 0 Å². The van der Waals surface area contributed by atoms with Gasteiger partial charge in [0.2, 0.25) is 0 Å². The summed E-state index contributed by atoms with van der Waals surface area (Å²) in [5.41, 5.74) is 12.1. The second-order valence-electron chi connectivity index (χ2n) is 12.7. The van der Waals surface area contributed by atoms with Gasteiger partial charge in [0.05, 0.1) is 11.4 Å². The molecule has 0 atom stereocenters. The average Bonchev–Trinajstić information content (AvgIpc) is 3.59. The minimum absolute atomic E-state index is 0.881. The molecule has 0 aliphatic rings. The molecule has 248 valence electrons. The number of nitrogens with zero attached hydrogens (tertiary/aromatic N) is 2. The first kappa shape index (κ1) is 31.0. The number of hydrogen-bond acceptors (Lipinski definition) is 4. The first-order valence-corrected chi connectivity index (χ1v) is 17.5. The summed E-state index contributed by atoms with van der Waals surface area (Å²) >= 11 is 0. The molecule has 0 saturated carbocycles. The third-order valence-electron chi connectivity index (χ3n) is 9.38. The van der Waals surface area contributed by atoms with Crippen molar-refractivity contribution in [3.63, 3.8) is 0 Å². The van der Waals surface area contributed by atoms with Crippen LogP contribution in [0.15, 0.2) is 211 Å². The molecule has 1 N–H and O–H groups in total. The van der Waals surface area contributed by atoms with E-state index in [2.05, 4.69) is 209 Å². The summed E-state index contributed by atoms with van der Waals surface area (Å²) in [6.45, 7) is 0. The van der Waals surface area contributed by atoms with Gasteiger partial charge in [-0.2, -0.15) is 0 Å². The van der Waals surface area contributed by atoms with Gasteiger partial charge in [-0.15, -0.1) is 0 Å². The molecule has 0 spiro atoms. The maximum atomic E-state index is 6.50. The molecular weight excluding hydrogens is 635 g/mol. The third kappa shape index (κ3) is 5.93. The minimum atomic E-state index is 0.881. The van der Waals surface area contributed by atoms with Gasteiger partial charge in [0.25, 0.3) is 0 Å². The minimum Gasteiger partial charge on any atom is -0.455 e. The Labute approximate surface area is 303 Å². The Bertz CT molecular complexity index is 2420. The van der Waals surface area contributed by atoms with Crippen LogP contribution in [0.4, 0.5) is 45.5 Å². The van der Waals surface area contributed by atoms with Crippen molar-refractivity contribution in [3.8, 4) is 11.1 Å². The van der Waals surface area contributed by atoms with Crippen molar-refractivity contribution < 1.29 is 4.42 Å². The number of furan rings is 1. The Hall–Kier alpha value is -7.04. The van der Waals surface area contributed by atoms with E-state index in [-0.39, 0.29) is 0 Å². The van der Waals surface area contributed by atoms with E-state index in [0.717, 1.165) is 78.6 Å². The largest absolute Gasteiger partial charge is 0.455 e. The van der Waals surface area contributed by atoms with Gasteiger partial charge in [-0.05, 0) is 78.9 Å². The molecule has 0 aliphatic carbocycles. The molecule has 0 saturated heterocycles. The summed E-state index contributed by atoms with van der Waals surface area (Å²) < 4.78 is 6.50. The number of benzene rings is 8. The van der Waals surface area contributed by atoms with Gasteiger partial charge in [-0.25, -0.2) is 0 Å². The van der Waals surface area contributed by atoms with E-state index in [1.807, 2.05) is 12.1 Å². The Morgan fingerprint density at radius 2 is 0.788 bits per heavy atom. The number of anilines is 8. The van der Waals surface area contributed by atoms with E-state index in [0.29, 0.717) is 0 Å². The molecule has 0 fully saturated rings. The topological polar surface area (TPSA) is 31.6 Å². The second kappa shape index (κ2) is 13.7. The van der Waals surface area contributed by atoms with Crippen LogP contribution in [-0.4, -0.2) is 0 Å². The lowest BCUT2D eigenvalue weighted by Gasteiger charge is -2.30. The fourth-order valence-electron chi connectivity index (χ4n) is 7.07. The molecule has 1 heterocycles. The number of fused-ring (bicyclic) bond motifs is 3. The Morgan fingerprint density at radius 1 is 0.346 bits per heavy atom. The van der Waals surface area contributed by atoms with Crippen LogP contribution in [0, 0.1) is 0 Å². The van der Waals surface area contributed by atoms with Gasteiger partial charge in [-0.3, -0.25) is 0 Å². The molecule has 8 aromatic carbocycles. The number of nitrogens with one attached hydrogen (secondary N) is 1. The molecule has 1 aromatic heterocycles. The summed E-state index contributed by atoms with van der Waals surface area (Å²) in [5, 5.41) is 6.09. The van der Waals surface area contributed by atoms with Crippen molar-refractivity contribution in [3.05, 3.63) is 206 Å². The first-order chi connectivity index (χ1) is 25.8. The highest BCUT2D eigenvalue weighted by molar-refractivity contribution is 6.10. The van der Waals surface area contributed by atoms with Crippen molar-refractivity contribution in [2.24, 2.45) is 0 Å². The molecule has 0 unspecified atom stereocenters. The van der Waals surface area contributed by atoms with Gasteiger partial charge in [0.15, 0.2) is 0 Å². The van der Waals surface area contributed by atoms with Crippen LogP contribution in [0.2, 0.25) is 0 Å². The molecule has 4 nitrogen and oxygen atoms in total. The van der Waals surface area contributed by atoms with Gasteiger partial charge in [0, 0.05) is 56.0 Å². The van der Waals surface area contributed by atoms with Crippen molar-refractivity contribution in [1.29, 1.82) is 0 Å². The Kier molecular flexibility index (Phi) is 8.16. The van der Waals surface area contributed by atoms with E-state index in [4.69, 9.17) is 4.42 Å². The fraction of sp³-hybridized carbons (Fsp3) is 0. The van der Waals surface area contributed by atoms with Crippen LogP contribution in [0.3, 0.4) is 0 Å². The van der Waals surface area contributed by atoms with Crippen LogP contribution in [-0.2, 0) is 0 Å². The molecule has 9 rings (SSSR count). The van der Waals surface area contributed by atoms with Crippen molar-refractivity contribution in [2.75, 3.05) is 15.1 Å². The van der Waals surface area contributed by atoms with Gasteiger partial charge in [-0.1, -0.05) is 127 Å². The summed E-state index contributed by atoms with van der Waals surface area (Å²) in [6, 6.07) is 72.0. The zero-order valence-corrected chi connectivity index (χ0v) is 28.4. The molecule has 0 bridgehead atoms. The monoisotopic (exact) mass is 669 g/mol. The zero-order chi connectivity index (χ0) is 34.7. The summed E-state index contributed by atoms with van der Waals surface area (Å²) in [6.07, 6.45) is 0. The Balaban J connectivity index is 1.24. The van der Waals surface area contributed by atoms with E-state index in [1.165, 1.54) is 0 Å². The maximum absolute atomic E-state index is 6.50. The lowest BCUT2D eigenvalue weighted by atomic mass is 10.0. The van der Waals surface area contributed by atoms with Crippen molar-refractivity contribution in [1.82, 2.24) is 0 Å². The lowest BCUT2D eigenvalue weighted by molar-refractivity contribution is 0.670. The van der Waals surface area contributed by atoms with Crippen LogP contribution in [0.5, 0.6) is 0 Å². The number of hydrogen-bond donors (Lipinski definition) is 1. The van der Waals surface area contributed by atoms with E-state index in [9.17, 15) is 0 Å². The van der Waals surface area contributed by atoms with Crippen LogP contribution in [0.1, 0.15) is 0 Å². The number of para-hydroxylation sites is 7. The smallest absolute Gasteiger partial charge is 0.143 e. The standard InChI is InChI=1S/C48H35N3O/c1-5-18-36(19-6-1)50(37-20-7-2-8-21-37)40-32-35(33-41(34-40)51(38-22-9-3-10-23-38)39-24-11-4-12-25-39)49-46-30-15-13-26-42(46)44-28-17-29-45-43-27-14-16-31-47(43)52-48(44)45/h1-34,49H. The quantitative estimate of drug-likeness (QED) is 0.166.